The number of ether oxygens (including phenoxy) is 1. The zero-order chi connectivity index (χ0) is 13.1. The predicted molar refractivity (Wildman–Crippen MR) is 63.9 cm³/mol. The van der Waals surface area contributed by atoms with Crippen molar-refractivity contribution in [3.8, 4) is 11.6 Å². The fraction of sp³-hybridized carbons (Fsp3) is 0.250. The number of aromatic carboxylic acids is 1. The smallest absolute Gasteiger partial charge is 0.335 e. The number of carbonyl (C=O) groups is 1. The zero-order valence-electron chi connectivity index (χ0n) is 10.1. The Morgan fingerprint density at radius 1 is 1.50 bits per heavy atom. The van der Waals surface area contributed by atoms with Crippen LogP contribution in [0.4, 0.5) is 0 Å². The first-order valence-corrected chi connectivity index (χ1v) is 5.52. The van der Waals surface area contributed by atoms with Gasteiger partial charge in [-0.2, -0.15) is 0 Å². The van der Waals surface area contributed by atoms with Gasteiger partial charge in [-0.3, -0.25) is 0 Å². The van der Waals surface area contributed by atoms with Crippen LogP contribution in [0.1, 0.15) is 22.8 Å². The van der Waals surface area contributed by atoms with Crippen molar-refractivity contribution in [2.24, 2.45) is 0 Å². The number of carboxylic acids is 1. The Morgan fingerprint density at radius 3 is 2.94 bits per heavy atom. The standard InChI is InChI=1S/C12H13N3O3/c1-3-15-11(7-13-14-15)18-10-6-9(12(16)17)5-4-8(10)2/h4-7H,3H2,1-2H3,(H,16,17). The van der Waals surface area contributed by atoms with Crippen LogP contribution in [0.3, 0.4) is 0 Å². The molecule has 0 unspecified atom stereocenters. The molecule has 0 aliphatic rings. The molecule has 0 bridgehead atoms. The highest BCUT2D eigenvalue weighted by molar-refractivity contribution is 5.88. The van der Waals surface area contributed by atoms with Gasteiger partial charge < -0.3 is 9.84 Å². The minimum Gasteiger partial charge on any atom is -0.478 e. The van der Waals surface area contributed by atoms with Crippen LogP contribution in [-0.2, 0) is 6.54 Å². The second-order valence-corrected chi connectivity index (χ2v) is 3.78. The molecule has 1 heterocycles. The second-order valence-electron chi connectivity index (χ2n) is 3.78. The van der Waals surface area contributed by atoms with Gasteiger partial charge in [0.15, 0.2) is 0 Å². The molecule has 0 aliphatic heterocycles. The number of aryl methyl sites for hydroxylation is 2. The Morgan fingerprint density at radius 2 is 2.28 bits per heavy atom. The van der Waals surface area contributed by atoms with Gasteiger partial charge in [-0.15, -0.1) is 5.10 Å². The van der Waals surface area contributed by atoms with E-state index in [1.807, 2.05) is 13.8 Å². The molecule has 0 saturated carbocycles. The summed E-state index contributed by atoms with van der Waals surface area (Å²) in [4.78, 5) is 10.9. The van der Waals surface area contributed by atoms with E-state index < -0.39 is 5.97 Å². The lowest BCUT2D eigenvalue weighted by Crippen LogP contribution is -2.02. The van der Waals surface area contributed by atoms with Gasteiger partial charge in [-0.25, -0.2) is 9.48 Å². The maximum absolute atomic E-state index is 10.9. The molecule has 2 rings (SSSR count). The minimum atomic E-state index is -0.984. The van der Waals surface area contributed by atoms with E-state index in [0.29, 0.717) is 18.2 Å². The summed E-state index contributed by atoms with van der Waals surface area (Å²) in [6.45, 7) is 4.40. The molecule has 1 aromatic carbocycles. The first kappa shape index (κ1) is 12.1. The van der Waals surface area contributed by atoms with E-state index >= 15 is 0 Å². The second kappa shape index (κ2) is 4.87. The number of benzene rings is 1. The summed E-state index contributed by atoms with van der Waals surface area (Å²) in [5.41, 5.74) is 1.04. The Kier molecular flexibility index (Phi) is 3.27. The molecule has 1 aromatic heterocycles. The van der Waals surface area contributed by atoms with Crippen molar-refractivity contribution in [1.82, 2.24) is 15.0 Å². The molecule has 1 N–H and O–H groups in total. The monoisotopic (exact) mass is 247 g/mol. The Bertz CT molecular complexity index is 578. The summed E-state index contributed by atoms with van der Waals surface area (Å²) < 4.78 is 7.23. The molecule has 0 spiro atoms. The summed E-state index contributed by atoms with van der Waals surface area (Å²) in [5, 5.41) is 16.5. The maximum Gasteiger partial charge on any atom is 0.335 e. The topological polar surface area (TPSA) is 77.2 Å². The molecule has 0 aliphatic carbocycles. The van der Waals surface area contributed by atoms with Gasteiger partial charge in [0.1, 0.15) is 11.9 Å². The summed E-state index contributed by atoms with van der Waals surface area (Å²) in [6, 6.07) is 4.74. The van der Waals surface area contributed by atoms with E-state index in [0.717, 1.165) is 5.56 Å². The van der Waals surface area contributed by atoms with E-state index in [9.17, 15) is 4.79 Å². The van der Waals surface area contributed by atoms with Gasteiger partial charge in [0.05, 0.1) is 5.56 Å². The molecule has 0 fully saturated rings. The Labute approximate surface area is 104 Å². The van der Waals surface area contributed by atoms with Gasteiger partial charge in [0.2, 0.25) is 5.88 Å². The summed E-state index contributed by atoms with van der Waals surface area (Å²) in [6.07, 6.45) is 1.50. The molecule has 2 aromatic rings. The van der Waals surface area contributed by atoms with Crippen molar-refractivity contribution >= 4 is 5.97 Å². The molecule has 0 radical (unpaired) electrons. The van der Waals surface area contributed by atoms with E-state index in [1.54, 1.807) is 16.8 Å². The van der Waals surface area contributed by atoms with Crippen LogP contribution in [0.15, 0.2) is 24.4 Å². The molecule has 94 valence electrons. The average Bonchev–Trinajstić information content (AvgIpc) is 2.79. The van der Waals surface area contributed by atoms with Crippen LogP contribution in [0, 0.1) is 6.92 Å². The normalized spacial score (nSPS) is 10.3. The van der Waals surface area contributed by atoms with Crippen molar-refractivity contribution in [2.45, 2.75) is 20.4 Å². The summed E-state index contributed by atoms with van der Waals surface area (Å²) >= 11 is 0. The van der Waals surface area contributed by atoms with Crippen molar-refractivity contribution in [2.75, 3.05) is 0 Å². The average molecular weight is 247 g/mol. The number of rotatable bonds is 4. The quantitative estimate of drug-likeness (QED) is 0.895. The van der Waals surface area contributed by atoms with E-state index in [2.05, 4.69) is 10.3 Å². The zero-order valence-corrected chi connectivity index (χ0v) is 10.1. The highest BCUT2D eigenvalue weighted by atomic mass is 16.5. The lowest BCUT2D eigenvalue weighted by Gasteiger charge is -2.09. The third-order valence-electron chi connectivity index (χ3n) is 2.53. The molecule has 18 heavy (non-hydrogen) atoms. The van der Waals surface area contributed by atoms with E-state index in [1.165, 1.54) is 12.3 Å². The Hall–Kier alpha value is -2.37. The number of aromatic nitrogens is 3. The summed E-state index contributed by atoms with van der Waals surface area (Å²) in [5.74, 6) is -0.00277. The largest absolute Gasteiger partial charge is 0.478 e. The van der Waals surface area contributed by atoms with Gasteiger partial charge in [0, 0.05) is 6.54 Å². The molecule has 0 amide bonds. The lowest BCUT2D eigenvalue weighted by atomic mass is 10.1. The lowest BCUT2D eigenvalue weighted by molar-refractivity contribution is 0.0696. The van der Waals surface area contributed by atoms with E-state index in [-0.39, 0.29) is 5.56 Å². The third kappa shape index (κ3) is 2.32. The van der Waals surface area contributed by atoms with Crippen LogP contribution in [-0.4, -0.2) is 26.1 Å². The molecular formula is C12H13N3O3. The number of hydrogen-bond donors (Lipinski definition) is 1. The number of carboxylic acid groups (broad SMARTS) is 1. The predicted octanol–water partition coefficient (Wildman–Crippen LogP) is 2.10. The first-order chi connectivity index (χ1) is 8.61. The maximum atomic E-state index is 10.9. The van der Waals surface area contributed by atoms with Crippen LogP contribution in [0.2, 0.25) is 0 Å². The molecule has 6 nitrogen and oxygen atoms in total. The highest BCUT2D eigenvalue weighted by Gasteiger charge is 2.10. The van der Waals surface area contributed by atoms with Crippen molar-refractivity contribution in [3.63, 3.8) is 0 Å². The van der Waals surface area contributed by atoms with Crippen molar-refractivity contribution in [1.29, 1.82) is 0 Å². The van der Waals surface area contributed by atoms with Crippen molar-refractivity contribution in [3.05, 3.63) is 35.5 Å². The number of nitrogens with zero attached hydrogens (tertiary/aromatic N) is 3. The van der Waals surface area contributed by atoms with Gasteiger partial charge in [-0.05, 0) is 31.5 Å². The molecule has 6 heteroatoms. The van der Waals surface area contributed by atoms with Gasteiger partial charge in [-0.1, -0.05) is 11.3 Å². The minimum absolute atomic E-state index is 0.186. The highest BCUT2D eigenvalue weighted by Crippen LogP contribution is 2.25. The van der Waals surface area contributed by atoms with Gasteiger partial charge in [0.25, 0.3) is 0 Å². The first-order valence-electron chi connectivity index (χ1n) is 5.52. The third-order valence-corrected chi connectivity index (χ3v) is 2.53. The fourth-order valence-electron chi connectivity index (χ4n) is 1.50. The summed E-state index contributed by atoms with van der Waals surface area (Å²) in [7, 11) is 0. The Balaban J connectivity index is 2.33. The van der Waals surface area contributed by atoms with E-state index in [4.69, 9.17) is 9.84 Å². The van der Waals surface area contributed by atoms with Crippen LogP contribution >= 0.6 is 0 Å². The molecule has 0 saturated heterocycles. The van der Waals surface area contributed by atoms with Crippen molar-refractivity contribution < 1.29 is 14.6 Å². The fourth-order valence-corrected chi connectivity index (χ4v) is 1.50. The number of hydrogen-bond acceptors (Lipinski definition) is 4. The SMILES string of the molecule is CCn1nncc1Oc1cc(C(=O)O)ccc1C. The molecule has 0 atom stereocenters. The van der Waals surface area contributed by atoms with Crippen LogP contribution in [0.5, 0.6) is 11.6 Å². The van der Waals surface area contributed by atoms with Crippen LogP contribution in [0.25, 0.3) is 0 Å². The van der Waals surface area contributed by atoms with Crippen LogP contribution < -0.4 is 4.74 Å². The molecular weight excluding hydrogens is 234 g/mol. The van der Waals surface area contributed by atoms with Gasteiger partial charge >= 0.3 is 5.97 Å².